The second kappa shape index (κ2) is 20.6. The van der Waals surface area contributed by atoms with Crippen molar-refractivity contribution in [2.24, 2.45) is 5.73 Å². The zero-order valence-corrected chi connectivity index (χ0v) is 29.1. The average Bonchev–Trinajstić information content (AvgIpc) is 3.10. The van der Waals surface area contributed by atoms with E-state index in [9.17, 15) is 0 Å². The summed E-state index contributed by atoms with van der Waals surface area (Å²) in [5.74, 6) is 2.21. The molecule has 0 unspecified atom stereocenters. The van der Waals surface area contributed by atoms with E-state index >= 15 is 0 Å². The molecular formula is C38H51N6S2+. The minimum Gasteiger partial charge on any atom is -0.385 e. The molecule has 1 aliphatic rings. The van der Waals surface area contributed by atoms with Crippen LogP contribution in [0.15, 0.2) is 103 Å². The third kappa shape index (κ3) is 13.1. The van der Waals surface area contributed by atoms with Crippen LogP contribution < -0.4 is 25.8 Å². The van der Waals surface area contributed by atoms with Crippen molar-refractivity contribution in [3.63, 3.8) is 0 Å². The number of nitrogens with one attached hydrogen (secondary N) is 2. The van der Waals surface area contributed by atoms with Crippen LogP contribution in [-0.4, -0.2) is 69.8 Å². The van der Waals surface area contributed by atoms with Gasteiger partial charge in [0.2, 0.25) is 0 Å². The number of anilines is 2. The molecule has 0 spiro atoms. The smallest absolute Gasteiger partial charge is 0.169 e. The van der Waals surface area contributed by atoms with E-state index in [-0.39, 0.29) is 0 Å². The molecule has 6 nitrogen and oxygen atoms in total. The van der Waals surface area contributed by atoms with Gasteiger partial charge >= 0.3 is 0 Å². The van der Waals surface area contributed by atoms with E-state index in [1.165, 1.54) is 33.6 Å². The summed E-state index contributed by atoms with van der Waals surface area (Å²) in [5, 5.41) is 6.64. The average molecular weight is 656 g/mol. The molecular weight excluding hydrogens is 605 g/mol. The SMILES string of the molecule is CNCCCNc1ccc(/C=C/c2cc[n+](CCSSCCN3C=CC(/C=C/c4ccc(N(C)CCCN)cc4)=CC3)cc2)cc1. The Kier molecular flexibility index (Phi) is 15.9. The van der Waals surface area contributed by atoms with E-state index in [1.807, 2.05) is 28.6 Å². The van der Waals surface area contributed by atoms with Crippen molar-refractivity contribution in [2.75, 3.05) is 75.1 Å². The lowest BCUT2D eigenvalue weighted by atomic mass is 10.1. The summed E-state index contributed by atoms with van der Waals surface area (Å²) in [7, 11) is 8.03. The summed E-state index contributed by atoms with van der Waals surface area (Å²) in [6.07, 6.45) is 22.0. The van der Waals surface area contributed by atoms with E-state index in [2.05, 4.69) is 148 Å². The third-order valence-electron chi connectivity index (χ3n) is 7.75. The number of hydrogen-bond acceptors (Lipinski definition) is 7. The van der Waals surface area contributed by atoms with Gasteiger partial charge in [0.1, 0.15) is 0 Å². The Morgan fingerprint density at radius 2 is 1.52 bits per heavy atom. The molecule has 244 valence electrons. The molecule has 0 aliphatic carbocycles. The maximum atomic E-state index is 5.64. The molecule has 0 bridgehead atoms. The second-order valence-electron chi connectivity index (χ2n) is 11.4. The number of aryl methyl sites for hydroxylation is 1. The van der Waals surface area contributed by atoms with Crippen LogP contribution in [0, 0.1) is 0 Å². The minimum atomic E-state index is 0.727. The molecule has 0 saturated heterocycles. The Labute approximate surface area is 284 Å². The maximum absolute atomic E-state index is 5.64. The highest BCUT2D eigenvalue weighted by atomic mass is 33.1. The maximum Gasteiger partial charge on any atom is 0.169 e. The fraction of sp³-hybridized carbons (Fsp3) is 0.342. The number of rotatable bonds is 20. The lowest BCUT2D eigenvalue weighted by Crippen LogP contribution is -2.33. The van der Waals surface area contributed by atoms with Crippen molar-refractivity contribution in [3.05, 3.63) is 120 Å². The lowest BCUT2D eigenvalue weighted by Gasteiger charge is -2.21. The number of allylic oxidation sites excluding steroid dienone is 3. The molecule has 46 heavy (non-hydrogen) atoms. The third-order valence-corrected chi connectivity index (χ3v) is 10.1. The first-order valence-corrected chi connectivity index (χ1v) is 18.8. The number of aromatic nitrogens is 1. The number of pyridine rings is 1. The van der Waals surface area contributed by atoms with E-state index in [0.29, 0.717) is 0 Å². The van der Waals surface area contributed by atoms with Gasteiger partial charge < -0.3 is 26.2 Å². The summed E-state index contributed by atoms with van der Waals surface area (Å²) in [4.78, 5) is 4.64. The Hall–Kier alpha value is -3.43. The van der Waals surface area contributed by atoms with Gasteiger partial charge in [0, 0.05) is 62.5 Å². The fourth-order valence-corrected chi connectivity index (χ4v) is 6.85. The molecule has 1 aromatic heterocycles. The predicted molar refractivity (Wildman–Crippen MR) is 205 cm³/mol. The molecule has 2 aromatic carbocycles. The van der Waals surface area contributed by atoms with E-state index in [1.54, 1.807) is 0 Å². The Balaban J connectivity index is 1.06. The van der Waals surface area contributed by atoms with Crippen molar-refractivity contribution in [1.29, 1.82) is 0 Å². The summed E-state index contributed by atoms with van der Waals surface area (Å²) in [5.41, 5.74) is 12.9. The van der Waals surface area contributed by atoms with Crippen LogP contribution in [0.4, 0.5) is 11.4 Å². The van der Waals surface area contributed by atoms with Crippen molar-refractivity contribution in [2.45, 2.75) is 19.4 Å². The molecule has 3 aromatic rings. The van der Waals surface area contributed by atoms with Crippen molar-refractivity contribution in [3.8, 4) is 0 Å². The Morgan fingerprint density at radius 1 is 0.848 bits per heavy atom. The summed E-state index contributed by atoms with van der Waals surface area (Å²) < 4.78 is 2.27. The van der Waals surface area contributed by atoms with Gasteiger partial charge in [-0.25, -0.2) is 4.57 Å². The normalized spacial score (nSPS) is 13.1. The number of benzene rings is 2. The summed E-state index contributed by atoms with van der Waals surface area (Å²) in [6.45, 7) is 6.76. The van der Waals surface area contributed by atoms with Crippen LogP contribution in [0.5, 0.6) is 0 Å². The molecule has 8 heteroatoms. The largest absolute Gasteiger partial charge is 0.385 e. The topological polar surface area (TPSA) is 60.4 Å². The number of nitrogens with two attached hydrogens (primary N) is 1. The van der Waals surface area contributed by atoms with Crippen LogP contribution in [0.1, 0.15) is 29.5 Å². The molecule has 0 atom stereocenters. The predicted octanol–water partition coefficient (Wildman–Crippen LogP) is 6.80. The van der Waals surface area contributed by atoms with Gasteiger partial charge in [-0.15, -0.1) is 0 Å². The van der Waals surface area contributed by atoms with Crippen LogP contribution in [0.25, 0.3) is 18.2 Å². The van der Waals surface area contributed by atoms with Gasteiger partial charge in [0.25, 0.3) is 0 Å². The van der Waals surface area contributed by atoms with E-state index in [0.717, 1.165) is 70.2 Å². The highest BCUT2D eigenvalue weighted by Crippen LogP contribution is 2.22. The first-order chi connectivity index (χ1) is 22.6. The Bertz CT molecular complexity index is 1400. The van der Waals surface area contributed by atoms with Crippen molar-refractivity contribution >= 4 is 51.2 Å². The van der Waals surface area contributed by atoms with Crippen LogP contribution in [0.2, 0.25) is 0 Å². The highest BCUT2D eigenvalue weighted by Gasteiger charge is 2.05. The molecule has 0 amide bonds. The second-order valence-corrected chi connectivity index (χ2v) is 14.1. The molecule has 0 radical (unpaired) electrons. The first-order valence-electron chi connectivity index (χ1n) is 16.3. The number of hydrogen-bond donors (Lipinski definition) is 3. The first kappa shape index (κ1) is 35.4. The van der Waals surface area contributed by atoms with E-state index in [4.69, 9.17) is 5.73 Å². The Morgan fingerprint density at radius 3 is 2.20 bits per heavy atom. The molecule has 0 saturated carbocycles. The van der Waals surface area contributed by atoms with Crippen LogP contribution in [0.3, 0.4) is 0 Å². The molecule has 1 aliphatic heterocycles. The monoisotopic (exact) mass is 655 g/mol. The molecule has 4 N–H and O–H groups in total. The summed E-state index contributed by atoms with van der Waals surface area (Å²) >= 11 is 0. The van der Waals surface area contributed by atoms with Crippen LogP contribution >= 0.6 is 21.6 Å². The van der Waals surface area contributed by atoms with Gasteiger partial charge in [0.05, 0.1) is 5.75 Å². The molecule has 4 rings (SSSR count). The zero-order valence-electron chi connectivity index (χ0n) is 27.5. The van der Waals surface area contributed by atoms with Gasteiger partial charge in [-0.2, -0.15) is 0 Å². The zero-order chi connectivity index (χ0) is 32.2. The van der Waals surface area contributed by atoms with Gasteiger partial charge in [-0.05, 0) is 91.8 Å². The number of nitrogens with zero attached hydrogens (tertiary/aromatic N) is 3. The lowest BCUT2D eigenvalue weighted by molar-refractivity contribution is -0.692. The fourth-order valence-electron chi connectivity index (χ4n) is 4.87. The van der Waals surface area contributed by atoms with E-state index < -0.39 is 0 Å². The molecule has 0 fully saturated rings. The van der Waals surface area contributed by atoms with Crippen LogP contribution in [-0.2, 0) is 6.54 Å². The minimum absolute atomic E-state index is 0.727. The molecule has 2 heterocycles. The van der Waals surface area contributed by atoms with Gasteiger partial charge in [0.15, 0.2) is 18.9 Å². The standard InChI is InChI=1S/C38H50N6S2/c1-40-22-4-23-41-37-13-9-33(10-14-37)5-7-35-17-25-43(26-18-35)29-31-45-46-32-30-44-27-19-36(20-28-44)8-6-34-11-15-38(16-12-34)42(2)24-3-21-39/h5-20,25-27,40H,3-4,21-24,28-32,39H2,1-2H3/p+1/b8-6+. The summed E-state index contributed by atoms with van der Waals surface area (Å²) in [6, 6.07) is 21.7. The van der Waals surface area contributed by atoms with Gasteiger partial charge in [-0.1, -0.05) is 76.2 Å². The van der Waals surface area contributed by atoms with Crippen molar-refractivity contribution < 1.29 is 4.57 Å². The quantitative estimate of drug-likeness (QED) is 0.0703. The van der Waals surface area contributed by atoms with Gasteiger partial charge in [-0.3, -0.25) is 0 Å². The highest BCUT2D eigenvalue weighted by molar-refractivity contribution is 8.76. The van der Waals surface area contributed by atoms with Crippen molar-refractivity contribution in [1.82, 2.24) is 10.2 Å².